The number of nitrogen functional groups attached to an aromatic ring is 1. The average molecular weight is 347 g/mol. The van der Waals surface area contributed by atoms with E-state index in [9.17, 15) is 4.79 Å². The monoisotopic (exact) mass is 346 g/mol. The minimum atomic E-state index is -0.584. The molecule has 0 aromatic heterocycles. The summed E-state index contributed by atoms with van der Waals surface area (Å²) in [5, 5.41) is 15.3. The summed E-state index contributed by atoms with van der Waals surface area (Å²) in [6.45, 7) is 0. The Morgan fingerprint density at radius 1 is 1.17 bits per heavy atom. The van der Waals surface area contributed by atoms with Gasteiger partial charge < -0.3 is 16.4 Å². The van der Waals surface area contributed by atoms with Crippen molar-refractivity contribution in [2.75, 3.05) is 16.4 Å². The first-order valence-corrected chi connectivity index (χ1v) is 7.24. The van der Waals surface area contributed by atoms with Crippen LogP contribution in [0.3, 0.4) is 0 Å². The van der Waals surface area contributed by atoms with Crippen LogP contribution in [0.25, 0.3) is 0 Å². The lowest BCUT2D eigenvalue weighted by Crippen LogP contribution is -2.14. The molecule has 2 aromatic carbocycles. The Balaban J connectivity index is 2.10. The van der Waals surface area contributed by atoms with Gasteiger partial charge in [-0.15, -0.1) is 0 Å². The Kier molecular flexibility index (Phi) is 5.47. The molecule has 7 heteroatoms. The molecule has 0 spiro atoms. The highest BCUT2D eigenvalue weighted by Crippen LogP contribution is 2.25. The lowest BCUT2D eigenvalue weighted by Gasteiger charge is -2.07. The first-order chi connectivity index (χ1) is 11.0. The molecule has 0 saturated carbocycles. The van der Waals surface area contributed by atoms with Crippen LogP contribution in [0.15, 0.2) is 54.2 Å². The van der Waals surface area contributed by atoms with E-state index in [0.717, 1.165) is 0 Å². The Morgan fingerprint density at radius 3 is 2.48 bits per heavy atom. The molecule has 0 atom stereocenters. The largest absolute Gasteiger partial charge is 0.399 e. The van der Waals surface area contributed by atoms with E-state index >= 15 is 0 Å². The number of amides is 1. The third-order valence-electron chi connectivity index (χ3n) is 2.84. The normalized spacial score (nSPS) is 10.7. The third kappa shape index (κ3) is 4.65. The van der Waals surface area contributed by atoms with E-state index in [1.165, 1.54) is 12.3 Å². The van der Waals surface area contributed by atoms with Crippen molar-refractivity contribution in [2.45, 2.75) is 0 Å². The van der Waals surface area contributed by atoms with Crippen molar-refractivity contribution < 1.29 is 4.79 Å². The van der Waals surface area contributed by atoms with Crippen LogP contribution < -0.4 is 16.4 Å². The first-order valence-electron chi connectivity index (χ1n) is 6.48. The quantitative estimate of drug-likeness (QED) is 0.442. The molecule has 0 aliphatic carbocycles. The Hall–Kier alpha value is -2.68. The van der Waals surface area contributed by atoms with Crippen LogP contribution in [-0.4, -0.2) is 5.91 Å². The summed E-state index contributed by atoms with van der Waals surface area (Å²) < 4.78 is 0. The topological polar surface area (TPSA) is 90.9 Å². The van der Waals surface area contributed by atoms with Crippen LogP contribution in [0, 0.1) is 11.3 Å². The second-order valence-corrected chi connectivity index (χ2v) is 5.36. The molecule has 0 heterocycles. The van der Waals surface area contributed by atoms with Gasteiger partial charge in [0.25, 0.3) is 5.91 Å². The summed E-state index contributed by atoms with van der Waals surface area (Å²) in [6, 6.07) is 13.3. The van der Waals surface area contributed by atoms with Gasteiger partial charge in [0.1, 0.15) is 11.6 Å². The number of nitrogens with zero attached hydrogens (tertiary/aromatic N) is 1. The molecule has 0 aliphatic heterocycles. The van der Waals surface area contributed by atoms with Gasteiger partial charge in [-0.1, -0.05) is 23.2 Å². The number of carbonyl (C=O) groups is 1. The number of nitrogens with two attached hydrogens (primary N) is 1. The van der Waals surface area contributed by atoms with E-state index < -0.39 is 5.91 Å². The van der Waals surface area contributed by atoms with E-state index in [1.807, 2.05) is 6.07 Å². The summed E-state index contributed by atoms with van der Waals surface area (Å²) in [6.07, 6.45) is 1.31. The zero-order valence-corrected chi connectivity index (χ0v) is 13.3. The minimum Gasteiger partial charge on any atom is -0.399 e. The molecule has 0 saturated heterocycles. The van der Waals surface area contributed by atoms with Gasteiger partial charge >= 0.3 is 0 Å². The van der Waals surface area contributed by atoms with E-state index in [0.29, 0.717) is 22.1 Å². The van der Waals surface area contributed by atoms with E-state index in [2.05, 4.69) is 10.6 Å². The van der Waals surface area contributed by atoms with Gasteiger partial charge in [-0.25, -0.2) is 0 Å². The van der Waals surface area contributed by atoms with Crippen molar-refractivity contribution in [1.29, 1.82) is 5.26 Å². The fourth-order valence-electron chi connectivity index (χ4n) is 1.66. The number of benzene rings is 2. The molecule has 2 rings (SSSR count). The maximum Gasteiger partial charge on any atom is 0.267 e. The van der Waals surface area contributed by atoms with E-state index in [4.69, 9.17) is 34.2 Å². The van der Waals surface area contributed by atoms with Crippen molar-refractivity contribution in [3.8, 4) is 6.07 Å². The van der Waals surface area contributed by atoms with Gasteiger partial charge in [-0.05, 0) is 42.5 Å². The summed E-state index contributed by atoms with van der Waals surface area (Å²) >= 11 is 11.8. The Morgan fingerprint density at radius 2 is 1.87 bits per heavy atom. The van der Waals surface area contributed by atoms with Crippen molar-refractivity contribution in [3.05, 3.63) is 64.3 Å². The number of anilines is 3. The standard InChI is InChI=1S/C16H12Cl2N4O/c17-11-1-6-15(14(18)7-11)22-16(23)10(8-19)9-21-13-4-2-12(20)3-5-13/h1-7,9,21H,20H2,(H,22,23)/b10-9-. The molecule has 0 unspecified atom stereocenters. The number of rotatable bonds is 4. The molecular formula is C16H12Cl2N4O. The van der Waals surface area contributed by atoms with Crippen LogP contribution in [0.1, 0.15) is 0 Å². The second-order valence-electron chi connectivity index (χ2n) is 4.51. The lowest BCUT2D eigenvalue weighted by molar-refractivity contribution is -0.112. The van der Waals surface area contributed by atoms with Crippen molar-refractivity contribution in [1.82, 2.24) is 0 Å². The molecular weight excluding hydrogens is 335 g/mol. The molecule has 5 nitrogen and oxygen atoms in total. The predicted octanol–water partition coefficient (Wildman–Crippen LogP) is 4.03. The highest BCUT2D eigenvalue weighted by atomic mass is 35.5. The SMILES string of the molecule is N#C/C(=C/Nc1ccc(N)cc1)C(=O)Nc1ccc(Cl)cc1Cl. The molecule has 0 aliphatic rings. The third-order valence-corrected chi connectivity index (χ3v) is 3.39. The predicted molar refractivity (Wildman–Crippen MR) is 93.3 cm³/mol. The molecule has 0 fully saturated rings. The minimum absolute atomic E-state index is 0.104. The lowest BCUT2D eigenvalue weighted by atomic mass is 10.2. The number of hydrogen-bond donors (Lipinski definition) is 3. The summed E-state index contributed by atoms with van der Waals surface area (Å²) in [7, 11) is 0. The van der Waals surface area contributed by atoms with E-state index in [-0.39, 0.29) is 10.6 Å². The van der Waals surface area contributed by atoms with Crippen LogP contribution >= 0.6 is 23.2 Å². The summed E-state index contributed by atoms with van der Waals surface area (Å²) in [5.41, 5.74) is 7.17. The van der Waals surface area contributed by atoms with Crippen LogP contribution in [-0.2, 0) is 4.79 Å². The second kappa shape index (κ2) is 7.54. The smallest absolute Gasteiger partial charge is 0.267 e. The number of nitrogens with one attached hydrogen (secondary N) is 2. The summed E-state index contributed by atoms with van der Waals surface area (Å²) in [5.74, 6) is -0.584. The molecule has 2 aromatic rings. The van der Waals surface area contributed by atoms with Gasteiger partial charge in [-0.2, -0.15) is 5.26 Å². The van der Waals surface area contributed by atoms with Crippen LogP contribution in [0.2, 0.25) is 10.0 Å². The number of nitriles is 1. The zero-order valence-electron chi connectivity index (χ0n) is 11.8. The molecule has 0 bridgehead atoms. The molecule has 23 heavy (non-hydrogen) atoms. The van der Waals surface area contributed by atoms with Crippen LogP contribution in [0.4, 0.5) is 17.1 Å². The molecule has 1 amide bonds. The van der Waals surface area contributed by atoms with Gasteiger partial charge in [0, 0.05) is 22.6 Å². The van der Waals surface area contributed by atoms with Crippen molar-refractivity contribution >= 4 is 46.2 Å². The van der Waals surface area contributed by atoms with Gasteiger partial charge in [0.15, 0.2) is 0 Å². The van der Waals surface area contributed by atoms with E-state index in [1.54, 1.807) is 36.4 Å². The fraction of sp³-hybridized carbons (Fsp3) is 0. The summed E-state index contributed by atoms with van der Waals surface area (Å²) in [4.78, 5) is 12.1. The van der Waals surface area contributed by atoms with Gasteiger partial charge in [0.05, 0.1) is 10.7 Å². The van der Waals surface area contributed by atoms with Gasteiger partial charge in [-0.3, -0.25) is 4.79 Å². The van der Waals surface area contributed by atoms with Crippen LogP contribution in [0.5, 0.6) is 0 Å². The maximum absolute atomic E-state index is 12.1. The Labute approximate surface area is 143 Å². The van der Waals surface area contributed by atoms with Crippen molar-refractivity contribution in [3.63, 3.8) is 0 Å². The number of carbonyl (C=O) groups excluding carboxylic acids is 1. The molecule has 4 N–H and O–H groups in total. The van der Waals surface area contributed by atoms with Crippen molar-refractivity contribution in [2.24, 2.45) is 0 Å². The fourth-order valence-corrected chi connectivity index (χ4v) is 2.12. The Bertz CT molecular complexity index is 795. The number of halogens is 2. The number of hydrogen-bond acceptors (Lipinski definition) is 4. The maximum atomic E-state index is 12.1. The molecule has 116 valence electrons. The first kappa shape index (κ1) is 16.7. The molecule has 0 radical (unpaired) electrons. The highest BCUT2D eigenvalue weighted by Gasteiger charge is 2.11. The highest BCUT2D eigenvalue weighted by molar-refractivity contribution is 6.36. The average Bonchev–Trinajstić information content (AvgIpc) is 2.52. The van der Waals surface area contributed by atoms with Gasteiger partial charge in [0.2, 0.25) is 0 Å². The zero-order chi connectivity index (χ0) is 16.8.